The molecule has 1 N–H and O–H groups in total. The van der Waals surface area contributed by atoms with Crippen LogP contribution in [0.5, 0.6) is 0 Å². The van der Waals surface area contributed by atoms with Crippen molar-refractivity contribution in [2.24, 2.45) is 0 Å². The van der Waals surface area contributed by atoms with E-state index in [1.165, 1.54) is 30.4 Å². The molecule has 1 aromatic carbocycles. The van der Waals surface area contributed by atoms with Gasteiger partial charge in [-0.1, -0.05) is 38.1 Å². The van der Waals surface area contributed by atoms with Crippen LogP contribution in [0.15, 0.2) is 24.3 Å². The van der Waals surface area contributed by atoms with E-state index in [-0.39, 0.29) is 0 Å². The number of hydrogen-bond donors (Lipinski definition) is 1. The topological polar surface area (TPSA) is 20.2 Å². The molecule has 1 atom stereocenters. The van der Waals surface area contributed by atoms with Gasteiger partial charge in [0.15, 0.2) is 0 Å². The average molecular weight is 232 g/mol. The van der Waals surface area contributed by atoms with Gasteiger partial charge in [-0.2, -0.15) is 0 Å². The maximum Gasteiger partial charge on any atom is 0.0648 e. The van der Waals surface area contributed by atoms with E-state index in [1.807, 2.05) is 0 Å². The van der Waals surface area contributed by atoms with Gasteiger partial charge in [0.25, 0.3) is 0 Å². The summed E-state index contributed by atoms with van der Waals surface area (Å²) in [6.07, 6.45) is 6.37. The van der Waals surface area contributed by atoms with Gasteiger partial charge in [0.2, 0.25) is 0 Å². The molecule has 0 fully saturated rings. The van der Waals surface area contributed by atoms with Gasteiger partial charge in [-0.3, -0.25) is 0 Å². The molecule has 0 aromatic heterocycles. The highest BCUT2D eigenvalue weighted by molar-refractivity contribution is 5.32. The van der Waals surface area contributed by atoms with E-state index in [0.717, 1.165) is 19.3 Å². The fourth-order valence-corrected chi connectivity index (χ4v) is 3.06. The number of hydrogen-bond acceptors (Lipinski definition) is 1. The maximum atomic E-state index is 10.5. The van der Waals surface area contributed by atoms with Crippen molar-refractivity contribution in [2.75, 3.05) is 0 Å². The third kappa shape index (κ3) is 2.71. The Morgan fingerprint density at radius 2 is 1.94 bits per heavy atom. The zero-order valence-electron chi connectivity index (χ0n) is 11.1. The van der Waals surface area contributed by atoms with Crippen molar-refractivity contribution in [3.8, 4) is 0 Å². The molecule has 2 rings (SSSR count). The number of aliphatic hydroxyl groups is 1. The summed E-state index contributed by atoms with van der Waals surface area (Å²) in [5, 5.41) is 10.5. The summed E-state index contributed by atoms with van der Waals surface area (Å²) in [7, 11) is 0. The Morgan fingerprint density at radius 3 is 2.65 bits per heavy atom. The SMILES string of the molecule is CCC(O)(CC)CC1CCCc2ccccc21. The molecule has 1 aliphatic rings. The molecule has 1 aliphatic carbocycles. The van der Waals surface area contributed by atoms with Gasteiger partial charge < -0.3 is 5.11 Å². The van der Waals surface area contributed by atoms with Crippen molar-refractivity contribution in [3.05, 3.63) is 35.4 Å². The molecular weight excluding hydrogens is 208 g/mol. The van der Waals surface area contributed by atoms with Crippen molar-refractivity contribution in [3.63, 3.8) is 0 Å². The first-order chi connectivity index (χ1) is 8.18. The van der Waals surface area contributed by atoms with Crippen LogP contribution >= 0.6 is 0 Å². The first-order valence-corrected chi connectivity index (χ1v) is 6.98. The van der Waals surface area contributed by atoms with Crippen LogP contribution in [0.2, 0.25) is 0 Å². The van der Waals surface area contributed by atoms with Crippen molar-refractivity contribution < 1.29 is 5.11 Å². The number of fused-ring (bicyclic) bond motifs is 1. The van der Waals surface area contributed by atoms with E-state index in [0.29, 0.717) is 5.92 Å². The highest BCUT2D eigenvalue weighted by Gasteiger charge is 2.29. The molecule has 0 heterocycles. The Labute approximate surface area is 105 Å². The second kappa shape index (κ2) is 5.22. The van der Waals surface area contributed by atoms with Gasteiger partial charge in [-0.15, -0.1) is 0 Å². The molecule has 94 valence electrons. The monoisotopic (exact) mass is 232 g/mol. The van der Waals surface area contributed by atoms with E-state index in [1.54, 1.807) is 0 Å². The van der Waals surface area contributed by atoms with E-state index < -0.39 is 5.60 Å². The second-order valence-corrected chi connectivity index (χ2v) is 5.42. The summed E-state index contributed by atoms with van der Waals surface area (Å²) in [5.41, 5.74) is 2.52. The molecule has 0 aliphatic heterocycles. The summed E-state index contributed by atoms with van der Waals surface area (Å²) < 4.78 is 0. The van der Waals surface area contributed by atoms with E-state index in [2.05, 4.69) is 38.1 Å². The smallest absolute Gasteiger partial charge is 0.0648 e. The van der Waals surface area contributed by atoms with Gasteiger partial charge in [-0.25, -0.2) is 0 Å². The minimum atomic E-state index is -0.463. The third-order valence-electron chi connectivity index (χ3n) is 4.44. The maximum absolute atomic E-state index is 10.5. The molecule has 0 saturated heterocycles. The summed E-state index contributed by atoms with van der Waals surface area (Å²) in [5.74, 6) is 0.560. The predicted molar refractivity (Wildman–Crippen MR) is 72.3 cm³/mol. The second-order valence-electron chi connectivity index (χ2n) is 5.42. The van der Waals surface area contributed by atoms with Crippen molar-refractivity contribution in [1.29, 1.82) is 0 Å². The molecule has 17 heavy (non-hydrogen) atoms. The number of rotatable bonds is 4. The largest absolute Gasteiger partial charge is 0.390 e. The van der Waals surface area contributed by atoms with Crippen LogP contribution < -0.4 is 0 Å². The van der Waals surface area contributed by atoms with Crippen LogP contribution in [0.25, 0.3) is 0 Å². The first kappa shape index (κ1) is 12.6. The van der Waals surface area contributed by atoms with Gasteiger partial charge >= 0.3 is 0 Å². The highest BCUT2D eigenvalue weighted by Crippen LogP contribution is 2.38. The minimum Gasteiger partial charge on any atom is -0.390 e. The summed E-state index contributed by atoms with van der Waals surface area (Å²) in [6.45, 7) is 4.19. The van der Waals surface area contributed by atoms with Gasteiger partial charge in [0.1, 0.15) is 0 Å². The Morgan fingerprint density at radius 1 is 1.24 bits per heavy atom. The Hall–Kier alpha value is -0.820. The standard InChI is InChI=1S/C16H24O/c1-3-16(17,4-2)12-14-10-7-9-13-8-5-6-11-15(13)14/h5-6,8,11,14,17H,3-4,7,9-10,12H2,1-2H3. The molecule has 1 heteroatoms. The Kier molecular flexibility index (Phi) is 3.88. The molecule has 1 aromatic rings. The van der Waals surface area contributed by atoms with Gasteiger partial charge in [0, 0.05) is 0 Å². The quantitative estimate of drug-likeness (QED) is 0.830. The predicted octanol–water partition coefficient (Wildman–Crippen LogP) is 4.05. The summed E-state index contributed by atoms with van der Waals surface area (Å²) in [4.78, 5) is 0. The van der Waals surface area contributed by atoms with Crippen LogP contribution in [0, 0.1) is 0 Å². The first-order valence-electron chi connectivity index (χ1n) is 6.98. The van der Waals surface area contributed by atoms with Gasteiger partial charge in [-0.05, 0) is 55.6 Å². The molecule has 0 bridgehead atoms. The Balaban J connectivity index is 2.19. The fraction of sp³-hybridized carbons (Fsp3) is 0.625. The lowest BCUT2D eigenvalue weighted by Crippen LogP contribution is -2.30. The minimum absolute atomic E-state index is 0.463. The lowest BCUT2D eigenvalue weighted by atomic mass is 9.75. The van der Waals surface area contributed by atoms with Gasteiger partial charge in [0.05, 0.1) is 5.60 Å². The van der Waals surface area contributed by atoms with Crippen LogP contribution in [-0.4, -0.2) is 10.7 Å². The average Bonchev–Trinajstić information content (AvgIpc) is 2.39. The Bertz CT molecular complexity index is 366. The van der Waals surface area contributed by atoms with Crippen molar-refractivity contribution in [2.45, 2.75) is 63.9 Å². The van der Waals surface area contributed by atoms with E-state index in [4.69, 9.17) is 0 Å². The molecule has 0 spiro atoms. The van der Waals surface area contributed by atoms with E-state index in [9.17, 15) is 5.11 Å². The molecule has 0 amide bonds. The van der Waals surface area contributed by atoms with Crippen LogP contribution in [0.3, 0.4) is 0 Å². The van der Waals surface area contributed by atoms with Crippen molar-refractivity contribution >= 4 is 0 Å². The van der Waals surface area contributed by atoms with Crippen LogP contribution in [0.4, 0.5) is 0 Å². The third-order valence-corrected chi connectivity index (χ3v) is 4.44. The highest BCUT2D eigenvalue weighted by atomic mass is 16.3. The van der Waals surface area contributed by atoms with Crippen LogP contribution in [0.1, 0.15) is 63.0 Å². The van der Waals surface area contributed by atoms with Crippen molar-refractivity contribution in [1.82, 2.24) is 0 Å². The normalized spacial score (nSPS) is 20.1. The number of benzene rings is 1. The summed E-state index contributed by atoms with van der Waals surface area (Å²) >= 11 is 0. The summed E-state index contributed by atoms with van der Waals surface area (Å²) in [6, 6.07) is 8.77. The lowest BCUT2D eigenvalue weighted by molar-refractivity contribution is 0.0151. The molecule has 1 unspecified atom stereocenters. The zero-order chi connectivity index (χ0) is 12.3. The fourth-order valence-electron chi connectivity index (χ4n) is 3.06. The molecule has 0 radical (unpaired) electrons. The number of aryl methyl sites for hydroxylation is 1. The zero-order valence-corrected chi connectivity index (χ0v) is 11.1. The van der Waals surface area contributed by atoms with E-state index >= 15 is 0 Å². The van der Waals surface area contributed by atoms with Crippen LogP contribution in [-0.2, 0) is 6.42 Å². The molecular formula is C16H24O. The molecule has 0 saturated carbocycles. The lowest BCUT2D eigenvalue weighted by Gasteiger charge is -2.33. The molecule has 1 nitrogen and oxygen atoms in total.